The van der Waals surface area contributed by atoms with Crippen LogP contribution in [0.5, 0.6) is 0 Å². The lowest BCUT2D eigenvalue weighted by Crippen LogP contribution is -2.44. The third-order valence-electron chi connectivity index (χ3n) is 3.17. The molecular weight excluding hydrogens is 226 g/mol. The zero-order valence-corrected chi connectivity index (χ0v) is 10.4. The van der Waals surface area contributed by atoms with Gasteiger partial charge in [-0.1, -0.05) is 6.92 Å². The molecule has 1 fully saturated rings. The first kappa shape index (κ1) is 12.3. The maximum Gasteiger partial charge on any atom is 0.146 e. The second-order valence-corrected chi connectivity index (χ2v) is 4.16. The van der Waals surface area contributed by atoms with Gasteiger partial charge >= 0.3 is 0 Å². The van der Waals surface area contributed by atoms with Crippen LogP contribution in [-0.2, 0) is 6.42 Å². The highest BCUT2D eigenvalue weighted by molar-refractivity contribution is 5.61. The number of nitrogens with one attached hydrogen (secondary N) is 1. The second-order valence-electron chi connectivity index (χ2n) is 4.16. The van der Waals surface area contributed by atoms with E-state index in [1.807, 2.05) is 6.92 Å². The molecule has 1 aromatic heterocycles. The number of anilines is 1. The van der Waals surface area contributed by atoms with Crippen LogP contribution < -0.4 is 10.2 Å². The molecule has 0 spiro atoms. The molecule has 0 atom stereocenters. The zero-order chi connectivity index (χ0) is 13.0. The summed E-state index contributed by atoms with van der Waals surface area (Å²) in [5.74, 6) is 0.717. The Kier molecular flexibility index (Phi) is 3.76. The molecule has 1 N–H and O–H groups in total. The lowest BCUT2D eigenvalue weighted by Gasteiger charge is -2.29. The monoisotopic (exact) mass is 241 g/mol. The molecule has 1 aliphatic heterocycles. The van der Waals surface area contributed by atoms with Crippen molar-refractivity contribution in [1.82, 2.24) is 10.3 Å². The van der Waals surface area contributed by atoms with Gasteiger partial charge in [-0.3, -0.25) is 0 Å². The van der Waals surface area contributed by atoms with Crippen LogP contribution in [0.2, 0.25) is 0 Å². The van der Waals surface area contributed by atoms with Gasteiger partial charge in [0.05, 0.1) is 11.1 Å². The van der Waals surface area contributed by atoms with Gasteiger partial charge in [0.25, 0.3) is 0 Å². The minimum Gasteiger partial charge on any atom is -0.353 e. The predicted molar refractivity (Wildman–Crippen MR) is 68.1 cm³/mol. The number of aromatic nitrogens is 1. The second kappa shape index (κ2) is 5.48. The Labute approximate surface area is 107 Å². The van der Waals surface area contributed by atoms with Gasteiger partial charge in [0.15, 0.2) is 0 Å². The Morgan fingerprint density at radius 2 is 2.06 bits per heavy atom. The summed E-state index contributed by atoms with van der Waals surface area (Å²) in [6.45, 7) is 5.44. The van der Waals surface area contributed by atoms with Crippen molar-refractivity contribution in [3.8, 4) is 12.1 Å². The number of rotatable bonds is 2. The predicted octanol–water partition coefficient (Wildman–Crippen LogP) is 0.797. The normalized spacial score (nSPS) is 14.9. The zero-order valence-electron chi connectivity index (χ0n) is 10.4. The standard InChI is InChI=1S/C13H15N5/c1-2-11-10(7-14)9-17-13(12(11)8-15)18-5-3-16-4-6-18/h9,16H,2-6H2,1H3. The fraction of sp³-hybridized carbons (Fsp3) is 0.462. The third-order valence-corrected chi connectivity index (χ3v) is 3.17. The van der Waals surface area contributed by atoms with Crippen molar-refractivity contribution >= 4 is 5.82 Å². The fourth-order valence-electron chi connectivity index (χ4n) is 2.24. The molecule has 5 heteroatoms. The number of hydrogen-bond donors (Lipinski definition) is 1. The number of nitriles is 2. The summed E-state index contributed by atoms with van der Waals surface area (Å²) < 4.78 is 0. The number of nitrogens with zero attached hydrogens (tertiary/aromatic N) is 4. The van der Waals surface area contributed by atoms with Crippen molar-refractivity contribution in [3.05, 3.63) is 22.9 Å². The van der Waals surface area contributed by atoms with Crippen LogP contribution in [-0.4, -0.2) is 31.2 Å². The van der Waals surface area contributed by atoms with Crippen LogP contribution in [0.25, 0.3) is 0 Å². The minimum absolute atomic E-state index is 0.507. The van der Waals surface area contributed by atoms with E-state index < -0.39 is 0 Å². The van der Waals surface area contributed by atoms with E-state index in [0.717, 1.165) is 37.6 Å². The molecule has 0 unspecified atom stereocenters. The van der Waals surface area contributed by atoms with E-state index in [4.69, 9.17) is 5.26 Å². The van der Waals surface area contributed by atoms with E-state index in [-0.39, 0.29) is 0 Å². The van der Waals surface area contributed by atoms with Gasteiger partial charge in [0.1, 0.15) is 18.0 Å². The highest BCUT2D eigenvalue weighted by Gasteiger charge is 2.19. The van der Waals surface area contributed by atoms with Gasteiger partial charge in [-0.05, 0) is 12.0 Å². The van der Waals surface area contributed by atoms with Crippen molar-refractivity contribution in [2.75, 3.05) is 31.1 Å². The van der Waals surface area contributed by atoms with Gasteiger partial charge in [-0.15, -0.1) is 0 Å². The summed E-state index contributed by atoms with van der Waals surface area (Å²) in [4.78, 5) is 6.41. The summed E-state index contributed by atoms with van der Waals surface area (Å²) in [5, 5.41) is 21.7. The van der Waals surface area contributed by atoms with E-state index in [0.29, 0.717) is 17.5 Å². The molecule has 0 radical (unpaired) electrons. The highest BCUT2D eigenvalue weighted by Crippen LogP contribution is 2.24. The Bertz CT molecular complexity index is 517. The summed E-state index contributed by atoms with van der Waals surface area (Å²) in [5.41, 5.74) is 1.87. The van der Waals surface area contributed by atoms with Crippen molar-refractivity contribution in [2.45, 2.75) is 13.3 Å². The smallest absolute Gasteiger partial charge is 0.146 e. The first-order valence-corrected chi connectivity index (χ1v) is 6.09. The molecule has 1 aliphatic rings. The molecule has 1 aromatic rings. The molecule has 2 rings (SSSR count). The molecule has 1 saturated heterocycles. The molecule has 0 saturated carbocycles. The molecule has 0 aliphatic carbocycles. The average molecular weight is 241 g/mol. The number of piperazine rings is 1. The SMILES string of the molecule is CCc1c(C#N)cnc(N2CCNCC2)c1C#N. The Hall–Kier alpha value is -2.11. The molecular formula is C13H15N5. The Morgan fingerprint density at radius 3 is 2.61 bits per heavy atom. The van der Waals surface area contributed by atoms with Crippen molar-refractivity contribution in [2.24, 2.45) is 0 Å². The van der Waals surface area contributed by atoms with Crippen LogP contribution in [0, 0.1) is 22.7 Å². The van der Waals surface area contributed by atoms with E-state index in [2.05, 4.69) is 27.3 Å². The summed E-state index contributed by atoms with van der Waals surface area (Å²) >= 11 is 0. The number of hydrogen-bond acceptors (Lipinski definition) is 5. The quantitative estimate of drug-likeness (QED) is 0.828. The highest BCUT2D eigenvalue weighted by atomic mass is 15.2. The maximum atomic E-state index is 9.34. The topological polar surface area (TPSA) is 75.7 Å². The van der Waals surface area contributed by atoms with Gasteiger partial charge in [0.2, 0.25) is 0 Å². The Balaban J connectivity index is 2.48. The number of pyridine rings is 1. The molecule has 2 heterocycles. The first-order valence-electron chi connectivity index (χ1n) is 6.09. The lowest BCUT2D eigenvalue weighted by molar-refractivity contribution is 0.584. The van der Waals surface area contributed by atoms with Gasteiger partial charge in [-0.25, -0.2) is 4.98 Å². The summed E-state index contributed by atoms with van der Waals surface area (Å²) in [6.07, 6.45) is 2.25. The lowest BCUT2D eigenvalue weighted by atomic mass is 10.0. The third kappa shape index (κ3) is 2.13. The van der Waals surface area contributed by atoms with Gasteiger partial charge in [0, 0.05) is 32.4 Å². The van der Waals surface area contributed by atoms with Crippen LogP contribution in [0.15, 0.2) is 6.20 Å². The van der Waals surface area contributed by atoms with Crippen molar-refractivity contribution in [3.63, 3.8) is 0 Å². The van der Waals surface area contributed by atoms with E-state index in [9.17, 15) is 5.26 Å². The van der Waals surface area contributed by atoms with Gasteiger partial charge in [-0.2, -0.15) is 10.5 Å². The summed E-state index contributed by atoms with van der Waals surface area (Å²) in [6, 6.07) is 4.32. The molecule has 18 heavy (non-hydrogen) atoms. The van der Waals surface area contributed by atoms with Crippen LogP contribution in [0.1, 0.15) is 23.6 Å². The largest absolute Gasteiger partial charge is 0.353 e. The van der Waals surface area contributed by atoms with Gasteiger partial charge < -0.3 is 10.2 Å². The van der Waals surface area contributed by atoms with Crippen molar-refractivity contribution < 1.29 is 0 Å². The molecule has 0 amide bonds. The maximum absolute atomic E-state index is 9.34. The minimum atomic E-state index is 0.507. The van der Waals surface area contributed by atoms with E-state index >= 15 is 0 Å². The molecule has 0 aromatic carbocycles. The van der Waals surface area contributed by atoms with E-state index in [1.165, 1.54) is 0 Å². The Morgan fingerprint density at radius 1 is 1.33 bits per heavy atom. The van der Waals surface area contributed by atoms with Crippen LogP contribution >= 0.6 is 0 Å². The van der Waals surface area contributed by atoms with Crippen LogP contribution in [0.4, 0.5) is 5.82 Å². The molecule has 5 nitrogen and oxygen atoms in total. The van der Waals surface area contributed by atoms with E-state index in [1.54, 1.807) is 6.20 Å². The summed E-state index contributed by atoms with van der Waals surface area (Å²) in [7, 11) is 0. The molecule has 0 bridgehead atoms. The van der Waals surface area contributed by atoms with Crippen molar-refractivity contribution in [1.29, 1.82) is 10.5 Å². The van der Waals surface area contributed by atoms with Crippen LogP contribution in [0.3, 0.4) is 0 Å². The average Bonchev–Trinajstić information content (AvgIpc) is 2.46. The first-order chi connectivity index (χ1) is 8.81. The fourth-order valence-corrected chi connectivity index (χ4v) is 2.24. The molecule has 92 valence electrons.